The topological polar surface area (TPSA) is 55.5 Å². The Kier molecular flexibility index (Phi) is 5.06. The fraction of sp³-hybridized carbons (Fsp3) is 0.500. The number of phenols is 1. The maximum absolute atomic E-state index is 9.83. The number of phenolic OH excluding ortho intramolecular Hbond substituents is 1. The fourth-order valence-corrected chi connectivity index (χ4v) is 1.64. The zero-order valence-corrected chi connectivity index (χ0v) is 10.4. The maximum atomic E-state index is 9.83. The minimum Gasteiger partial charge on any atom is -0.506 e. The molecule has 4 heteroatoms. The van der Waals surface area contributed by atoms with Gasteiger partial charge in [0.15, 0.2) is 0 Å². The first-order chi connectivity index (χ1) is 7.56. The van der Waals surface area contributed by atoms with Crippen molar-refractivity contribution in [2.75, 3.05) is 6.54 Å². The van der Waals surface area contributed by atoms with Crippen molar-refractivity contribution in [3.8, 4) is 5.75 Å². The van der Waals surface area contributed by atoms with E-state index in [2.05, 4.69) is 0 Å². The van der Waals surface area contributed by atoms with Gasteiger partial charge in [0.2, 0.25) is 0 Å². The van der Waals surface area contributed by atoms with E-state index in [-0.39, 0.29) is 11.9 Å². The second-order valence-electron chi connectivity index (χ2n) is 3.93. The van der Waals surface area contributed by atoms with Crippen LogP contribution >= 0.6 is 11.6 Å². The number of aromatic hydroxyl groups is 1. The molecule has 0 aliphatic carbocycles. The van der Waals surface area contributed by atoms with Gasteiger partial charge in [-0.25, -0.2) is 0 Å². The predicted molar refractivity (Wildman–Crippen MR) is 65.8 cm³/mol. The molecule has 1 aromatic rings. The molecule has 3 N–H and O–H groups in total. The number of benzene rings is 1. The van der Waals surface area contributed by atoms with Crippen LogP contribution in [0.2, 0.25) is 5.02 Å². The highest BCUT2D eigenvalue weighted by Gasteiger charge is 2.11. The van der Waals surface area contributed by atoms with Crippen LogP contribution in [0, 0.1) is 0 Å². The van der Waals surface area contributed by atoms with Crippen LogP contribution in [0.25, 0.3) is 0 Å². The zero-order chi connectivity index (χ0) is 12.1. The van der Waals surface area contributed by atoms with E-state index >= 15 is 0 Å². The molecule has 0 amide bonds. The Labute approximate surface area is 101 Å². The van der Waals surface area contributed by atoms with Crippen LogP contribution < -0.4 is 5.73 Å². The summed E-state index contributed by atoms with van der Waals surface area (Å²) in [6, 6.07) is 3.55. The standard InChI is InChI=1S/C12H18ClNO2/c1-8(2)16-7-9-3-4-11(13)12(15)10(9)5-6-14/h3-4,8,15H,5-7,14H2,1-2H3. The van der Waals surface area contributed by atoms with Gasteiger partial charge in [-0.3, -0.25) is 0 Å². The number of hydrogen-bond acceptors (Lipinski definition) is 3. The lowest BCUT2D eigenvalue weighted by Crippen LogP contribution is -2.08. The maximum Gasteiger partial charge on any atom is 0.137 e. The van der Waals surface area contributed by atoms with E-state index in [9.17, 15) is 5.11 Å². The summed E-state index contributed by atoms with van der Waals surface area (Å²) in [5.41, 5.74) is 7.24. The molecular weight excluding hydrogens is 226 g/mol. The highest BCUT2D eigenvalue weighted by molar-refractivity contribution is 6.32. The molecule has 0 fully saturated rings. The second kappa shape index (κ2) is 6.09. The quantitative estimate of drug-likeness (QED) is 0.835. The minimum atomic E-state index is 0.122. The molecule has 0 heterocycles. The lowest BCUT2D eigenvalue weighted by molar-refractivity contribution is 0.0651. The number of rotatable bonds is 5. The third kappa shape index (κ3) is 3.37. The third-order valence-electron chi connectivity index (χ3n) is 2.30. The second-order valence-corrected chi connectivity index (χ2v) is 4.34. The monoisotopic (exact) mass is 243 g/mol. The first-order valence-electron chi connectivity index (χ1n) is 5.37. The van der Waals surface area contributed by atoms with Gasteiger partial charge in [0.1, 0.15) is 5.75 Å². The summed E-state index contributed by atoms with van der Waals surface area (Å²) < 4.78 is 5.51. The first-order valence-corrected chi connectivity index (χ1v) is 5.75. The summed E-state index contributed by atoms with van der Waals surface area (Å²) in [7, 11) is 0. The Balaban J connectivity index is 2.93. The fourth-order valence-electron chi connectivity index (χ4n) is 1.46. The smallest absolute Gasteiger partial charge is 0.137 e. The van der Waals surface area contributed by atoms with E-state index < -0.39 is 0 Å². The molecule has 0 unspecified atom stereocenters. The normalized spacial score (nSPS) is 11.1. The van der Waals surface area contributed by atoms with Crippen molar-refractivity contribution in [3.63, 3.8) is 0 Å². The highest BCUT2D eigenvalue weighted by Crippen LogP contribution is 2.30. The molecule has 0 bridgehead atoms. The molecule has 90 valence electrons. The van der Waals surface area contributed by atoms with Gasteiger partial charge in [-0.2, -0.15) is 0 Å². The Morgan fingerprint density at radius 3 is 2.69 bits per heavy atom. The van der Waals surface area contributed by atoms with E-state index in [1.165, 1.54) is 0 Å². The number of hydrogen-bond donors (Lipinski definition) is 2. The SMILES string of the molecule is CC(C)OCc1ccc(Cl)c(O)c1CCN. The molecule has 0 atom stereocenters. The van der Waals surface area contributed by atoms with E-state index in [0.29, 0.717) is 24.6 Å². The van der Waals surface area contributed by atoms with Crippen molar-refractivity contribution in [2.45, 2.75) is 33.0 Å². The molecule has 0 radical (unpaired) electrons. The first kappa shape index (κ1) is 13.3. The van der Waals surface area contributed by atoms with Gasteiger partial charge in [0.05, 0.1) is 17.7 Å². The molecular formula is C12H18ClNO2. The van der Waals surface area contributed by atoms with E-state index in [0.717, 1.165) is 11.1 Å². The van der Waals surface area contributed by atoms with E-state index in [1.54, 1.807) is 6.07 Å². The van der Waals surface area contributed by atoms with Crippen molar-refractivity contribution >= 4 is 11.6 Å². The lowest BCUT2D eigenvalue weighted by Gasteiger charge is -2.14. The summed E-state index contributed by atoms with van der Waals surface area (Å²) in [5.74, 6) is 0.122. The molecule has 0 aliphatic rings. The van der Waals surface area contributed by atoms with Crippen molar-refractivity contribution < 1.29 is 9.84 Å². The lowest BCUT2D eigenvalue weighted by atomic mass is 10.0. The predicted octanol–water partition coefficient (Wildman–Crippen LogP) is 2.47. The average Bonchev–Trinajstić information content (AvgIpc) is 2.24. The number of nitrogens with two attached hydrogens (primary N) is 1. The van der Waals surface area contributed by atoms with Gasteiger partial charge in [-0.05, 0) is 38.4 Å². The average molecular weight is 244 g/mol. The molecule has 16 heavy (non-hydrogen) atoms. The van der Waals surface area contributed by atoms with Gasteiger partial charge in [0.25, 0.3) is 0 Å². The van der Waals surface area contributed by atoms with E-state index in [1.807, 2.05) is 19.9 Å². The summed E-state index contributed by atoms with van der Waals surface area (Å²) >= 11 is 5.85. The van der Waals surface area contributed by atoms with Crippen molar-refractivity contribution in [2.24, 2.45) is 5.73 Å². The van der Waals surface area contributed by atoms with Crippen LogP contribution in [-0.2, 0) is 17.8 Å². The summed E-state index contributed by atoms with van der Waals surface area (Å²) in [6.45, 7) is 4.89. The van der Waals surface area contributed by atoms with Crippen LogP contribution in [-0.4, -0.2) is 17.8 Å². The Morgan fingerprint density at radius 2 is 2.12 bits per heavy atom. The van der Waals surface area contributed by atoms with Crippen molar-refractivity contribution in [1.82, 2.24) is 0 Å². The van der Waals surface area contributed by atoms with Gasteiger partial charge < -0.3 is 15.6 Å². The molecule has 0 saturated carbocycles. The number of halogens is 1. The van der Waals surface area contributed by atoms with Crippen molar-refractivity contribution in [1.29, 1.82) is 0 Å². The largest absolute Gasteiger partial charge is 0.506 e. The Morgan fingerprint density at radius 1 is 1.44 bits per heavy atom. The van der Waals surface area contributed by atoms with E-state index in [4.69, 9.17) is 22.1 Å². The molecule has 0 aliphatic heterocycles. The summed E-state index contributed by atoms with van der Waals surface area (Å²) in [5, 5.41) is 10.2. The third-order valence-corrected chi connectivity index (χ3v) is 2.60. The van der Waals surface area contributed by atoms with Crippen LogP contribution in [0.15, 0.2) is 12.1 Å². The van der Waals surface area contributed by atoms with Gasteiger partial charge in [-0.15, -0.1) is 0 Å². The van der Waals surface area contributed by atoms with Crippen LogP contribution in [0.1, 0.15) is 25.0 Å². The molecule has 0 saturated heterocycles. The molecule has 0 spiro atoms. The molecule has 3 nitrogen and oxygen atoms in total. The summed E-state index contributed by atoms with van der Waals surface area (Å²) in [6.07, 6.45) is 0.756. The van der Waals surface area contributed by atoms with Gasteiger partial charge >= 0.3 is 0 Å². The molecule has 0 aromatic heterocycles. The minimum absolute atomic E-state index is 0.122. The Hall–Kier alpha value is -0.770. The van der Waals surface area contributed by atoms with Crippen LogP contribution in [0.5, 0.6) is 5.75 Å². The zero-order valence-electron chi connectivity index (χ0n) is 9.66. The van der Waals surface area contributed by atoms with Gasteiger partial charge in [-0.1, -0.05) is 17.7 Å². The van der Waals surface area contributed by atoms with Crippen LogP contribution in [0.4, 0.5) is 0 Å². The summed E-state index contributed by atoms with van der Waals surface area (Å²) in [4.78, 5) is 0. The van der Waals surface area contributed by atoms with Crippen molar-refractivity contribution in [3.05, 3.63) is 28.3 Å². The molecule has 1 aromatic carbocycles. The van der Waals surface area contributed by atoms with Gasteiger partial charge in [0, 0.05) is 5.56 Å². The number of ether oxygens (including phenoxy) is 1. The Bertz CT molecular complexity index is 353. The highest BCUT2D eigenvalue weighted by atomic mass is 35.5. The van der Waals surface area contributed by atoms with Crippen LogP contribution in [0.3, 0.4) is 0 Å². The molecule has 1 rings (SSSR count).